The van der Waals surface area contributed by atoms with E-state index in [9.17, 15) is 18.0 Å². The largest absolute Gasteiger partial charge is 0.462 e. The first-order chi connectivity index (χ1) is 17.8. The van der Waals surface area contributed by atoms with E-state index in [2.05, 4.69) is 15.3 Å². The minimum atomic E-state index is -3.34. The maximum atomic E-state index is 13.4. The van der Waals surface area contributed by atoms with Crippen LogP contribution in [0.1, 0.15) is 54.6 Å². The van der Waals surface area contributed by atoms with E-state index < -0.39 is 27.8 Å². The van der Waals surface area contributed by atoms with Crippen molar-refractivity contribution in [2.24, 2.45) is 0 Å². The van der Waals surface area contributed by atoms with Crippen LogP contribution in [0.15, 0.2) is 41.4 Å². The van der Waals surface area contributed by atoms with Crippen LogP contribution in [-0.4, -0.2) is 61.4 Å². The highest BCUT2D eigenvalue weighted by Gasteiger charge is 2.37. The quantitative estimate of drug-likeness (QED) is 0.400. The average molecular weight is 546 g/mol. The first kappa shape index (κ1) is 25.7. The molecule has 10 nitrogen and oxygen atoms in total. The Hall–Kier alpha value is -2.93. The summed E-state index contributed by atoms with van der Waals surface area (Å²) in [7, 11) is -3.34. The van der Waals surface area contributed by atoms with Gasteiger partial charge in [0, 0.05) is 19.4 Å². The van der Waals surface area contributed by atoms with E-state index in [-0.39, 0.29) is 28.4 Å². The van der Waals surface area contributed by atoms with E-state index >= 15 is 0 Å². The fraction of sp³-hybridized carbons (Fsp3) is 0.440. The van der Waals surface area contributed by atoms with Crippen molar-refractivity contribution < 1.29 is 32.2 Å². The number of hydrogen-bond donors (Lipinski definition) is 1. The summed E-state index contributed by atoms with van der Waals surface area (Å²) in [5, 5.41) is 2.80. The van der Waals surface area contributed by atoms with Crippen molar-refractivity contribution >= 4 is 48.5 Å². The molecule has 1 amide bonds. The molecule has 12 heteroatoms. The van der Waals surface area contributed by atoms with Crippen LogP contribution in [0.25, 0.3) is 10.3 Å². The number of rotatable bonds is 9. The summed E-state index contributed by atoms with van der Waals surface area (Å²) in [6.07, 6.45) is 2.93. The number of ether oxygens (including phenoxy) is 3. The van der Waals surface area contributed by atoms with Gasteiger partial charge in [0.25, 0.3) is 5.91 Å². The number of esters is 1. The van der Waals surface area contributed by atoms with Gasteiger partial charge in [-0.1, -0.05) is 23.5 Å². The van der Waals surface area contributed by atoms with Gasteiger partial charge >= 0.3 is 5.97 Å². The van der Waals surface area contributed by atoms with Crippen LogP contribution in [0.2, 0.25) is 0 Å². The number of thiazole rings is 1. The molecule has 37 heavy (non-hydrogen) atoms. The molecule has 1 unspecified atom stereocenters. The van der Waals surface area contributed by atoms with Gasteiger partial charge in [0.2, 0.25) is 0 Å². The zero-order chi connectivity index (χ0) is 26.0. The Labute approximate surface area is 218 Å². The molecule has 1 saturated heterocycles. The maximum absolute atomic E-state index is 13.4. The first-order valence-corrected chi connectivity index (χ1v) is 14.5. The Kier molecular flexibility index (Phi) is 7.52. The second-order valence-electron chi connectivity index (χ2n) is 8.92. The van der Waals surface area contributed by atoms with Crippen molar-refractivity contribution in [3.63, 3.8) is 0 Å². The van der Waals surface area contributed by atoms with Crippen LogP contribution < -0.4 is 5.32 Å². The molecule has 2 fully saturated rings. The third-order valence-corrected chi connectivity index (χ3v) is 9.37. The Morgan fingerprint density at radius 1 is 1.16 bits per heavy atom. The molecule has 2 aromatic heterocycles. The summed E-state index contributed by atoms with van der Waals surface area (Å²) in [5.41, 5.74) is 1.28. The van der Waals surface area contributed by atoms with Gasteiger partial charge in [-0.2, -0.15) is 0 Å². The SMILES string of the molecule is CCOC(=O)c1cnc2sc(NC(=O)C(OC3CCOCC3)c3ccc(S(=O)(=O)C4CC4)cc3)nc2c1. The van der Waals surface area contributed by atoms with Gasteiger partial charge in [-0.25, -0.2) is 23.2 Å². The standard InChI is InChI=1S/C25H27N3O7S2/c1-2-34-24(30)16-13-20-23(26-14-16)36-25(27-20)28-22(29)21(35-17-9-11-33-12-10-17)15-3-5-18(6-4-15)37(31,32)19-7-8-19/h3-6,13-14,17,19,21H,2,7-12H2,1H3,(H,27,28,29). The molecular formula is C25H27N3O7S2. The smallest absolute Gasteiger partial charge is 0.339 e. The third kappa shape index (κ3) is 5.82. The molecule has 0 bridgehead atoms. The maximum Gasteiger partial charge on any atom is 0.339 e. The van der Waals surface area contributed by atoms with Gasteiger partial charge in [0.05, 0.1) is 28.4 Å². The van der Waals surface area contributed by atoms with Gasteiger partial charge in [-0.3, -0.25) is 10.1 Å². The fourth-order valence-electron chi connectivity index (χ4n) is 4.07. The summed E-state index contributed by atoms with van der Waals surface area (Å²) in [4.78, 5) is 34.9. The van der Waals surface area contributed by atoms with Gasteiger partial charge in [-0.05, 0) is 56.4 Å². The lowest BCUT2D eigenvalue weighted by molar-refractivity contribution is -0.136. The fourth-order valence-corrected chi connectivity index (χ4v) is 6.52. The summed E-state index contributed by atoms with van der Waals surface area (Å²) >= 11 is 1.17. The first-order valence-electron chi connectivity index (χ1n) is 12.2. The third-order valence-electron chi connectivity index (χ3n) is 6.20. The van der Waals surface area contributed by atoms with E-state index in [1.54, 1.807) is 25.1 Å². The number of anilines is 1. The minimum absolute atomic E-state index is 0.177. The number of carbonyl (C=O) groups is 2. The summed E-state index contributed by atoms with van der Waals surface area (Å²) in [6.45, 7) is 3.06. The number of hydrogen-bond acceptors (Lipinski definition) is 10. The number of benzene rings is 1. The van der Waals surface area contributed by atoms with Crippen molar-refractivity contribution in [1.82, 2.24) is 9.97 Å². The molecule has 1 aliphatic heterocycles. The Morgan fingerprint density at radius 3 is 2.57 bits per heavy atom. The molecule has 3 heterocycles. The Morgan fingerprint density at radius 2 is 1.89 bits per heavy atom. The topological polar surface area (TPSA) is 134 Å². The van der Waals surface area contributed by atoms with E-state index in [1.807, 2.05) is 0 Å². The Bertz CT molecular complexity index is 1400. The van der Waals surface area contributed by atoms with Gasteiger partial charge < -0.3 is 14.2 Å². The molecule has 2 aliphatic rings. The summed E-state index contributed by atoms with van der Waals surface area (Å²) in [6, 6.07) is 7.90. The lowest BCUT2D eigenvalue weighted by Gasteiger charge is -2.27. The van der Waals surface area contributed by atoms with Crippen molar-refractivity contribution in [2.75, 3.05) is 25.1 Å². The lowest BCUT2D eigenvalue weighted by atomic mass is 10.1. The monoisotopic (exact) mass is 545 g/mol. The minimum Gasteiger partial charge on any atom is -0.462 e. The number of nitrogens with one attached hydrogen (secondary N) is 1. The van der Waals surface area contributed by atoms with E-state index in [1.165, 1.54) is 29.7 Å². The molecule has 1 atom stereocenters. The molecular weight excluding hydrogens is 518 g/mol. The highest BCUT2D eigenvalue weighted by Crippen LogP contribution is 2.34. The number of amides is 1. The molecule has 5 rings (SSSR count). The number of sulfone groups is 1. The molecule has 1 aliphatic carbocycles. The van der Waals surface area contributed by atoms with E-state index in [4.69, 9.17) is 14.2 Å². The average Bonchev–Trinajstić information content (AvgIpc) is 3.69. The van der Waals surface area contributed by atoms with Crippen molar-refractivity contribution in [1.29, 1.82) is 0 Å². The zero-order valence-corrected chi connectivity index (χ0v) is 21.8. The highest BCUT2D eigenvalue weighted by molar-refractivity contribution is 7.92. The molecule has 196 valence electrons. The normalized spacial score (nSPS) is 17.4. The molecule has 0 radical (unpaired) electrons. The molecule has 1 saturated carbocycles. The number of aromatic nitrogens is 2. The van der Waals surface area contributed by atoms with E-state index in [0.29, 0.717) is 59.9 Å². The van der Waals surface area contributed by atoms with Crippen LogP contribution in [0.4, 0.5) is 5.13 Å². The highest BCUT2D eigenvalue weighted by atomic mass is 32.2. The Balaban J connectivity index is 1.37. The van der Waals surface area contributed by atoms with Crippen molar-refractivity contribution in [2.45, 2.75) is 55.0 Å². The van der Waals surface area contributed by atoms with Crippen LogP contribution >= 0.6 is 11.3 Å². The predicted molar refractivity (Wildman–Crippen MR) is 136 cm³/mol. The van der Waals surface area contributed by atoms with Crippen molar-refractivity contribution in [3.05, 3.63) is 47.7 Å². The summed E-state index contributed by atoms with van der Waals surface area (Å²) < 4.78 is 41.8. The molecule has 1 aromatic carbocycles. The molecule has 1 N–H and O–H groups in total. The number of carbonyl (C=O) groups excluding carboxylic acids is 2. The second-order valence-corrected chi connectivity index (χ2v) is 12.1. The predicted octanol–water partition coefficient (Wildman–Crippen LogP) is 3.68. The van der Waals surface area contributed by atoms with Crippen LogP contribution in [0, 0.1) is 0 Å². The molecule has 3 aromatic rings. The van der Waals surface area contributed by atoms with E-state index in [0.717, 1.165) is 0 Å². The summed E-state index contributed by atoms with van der Waals surface area (Å²) in [5.74, 6) is -0.929. The van der Waals surface area contributed by atoms with Crippen molar-refractivity contribution in [3.8, 4) is 0 Å². The number of pyridine rings is 1. The number of fused-ring (bicyclic) bond motifs is 1. The van der Waals surface area contributed by atoms with Gasteiger partial charge in [-0.15, -0.1) is 0 Å². The van der Waals surface area contributed by atoms with Gasteiger partial charge in [0.15, 0.2) is 21.1 Å². The van der Waals surface area contributed by atoms with Crippen LogP contribution in [-0.2, 0) is 28.8 Å². The lowest BCUT2D eigenvalue weighted by Crippen LogP contribution is -2.31. The van der Waals surface area contributed by atoms with Gasteiger partial charge in [0.1, 0.15) is 10.3 Å². The van der Waals surface area contributed by atoms with Crippen LogP contribution in [0.5, 0.6) is 0 Å². The molecule has 0 spiro atoms. The van der Waals surface area contributed by atoms with Crippen LogP contribution in [0.3, 0.4) is 0 Å². The second kappa shape index (κ2) is 10.8. The number of nitrogens with zero attached hydrogens (tertiary/aromatic N) is 2. The zero-order valence-electron chi connectivity index (χ0n) is 20.2.